The molecule has 0 bridgehead atoms. The van der Waals surface area contributed by atoms with E-state index in [0.717, 1.165) is 55.7 Å². The Morgan fingerprint density at radius 3 is 2.79 bits per heavy atom. The molecule has 0 saturated carbocycles. The molecule has 3 nitrogen and oxygen atoms in total. The van der Waals surface area contributed by atoms with Gasteiger partial charge in [-0.3, -0.25) is 4.90 Å². The van der Waals surface area contributed by atoms with Crippen LogP contribution in [0.2, 0.25) is 0 Å². The van der Waals surface area contributed by atoms with Crippen molar-refractivity contribution in [3.05, 3.63) is 35.8 Å². The lowest BCUT2D eigenvalue weighted by Gasteiger charge is -2.26. The predicted octanol–water partition coefficient (Wildman–Crippen LogP) is 2.21. The number of halogens is 1. The predicted molar refractivity (Wildman–Crippen MR) is 75.7 cm³/mol. The van der Waals surface area contributed by atoms with Crippen molar-refractivity contribution < 1.29 is 4.39 Å². The molecule has 0 radical (unpaired) electrons. The summed E-state index contributed by atoms with van der Waals surface area (Å²) < 4.78 is 16.2. The number of hydrogen-bond acceptors (Lipinski definition) is 2. The van der Waals surface area contributed by atoms with Crippen LogP contribution in [0.3, 0.4) is 0 Å². The Balaban J connectivity index is 1.98. The Morgan fingerprint density at radius 2 is 2.05 bits per heavy atom. The van der Waals surface area contributed by atoms with Crippen molar-refractivity contribution in [1.82, 2.24) is 14.8 Å². The van der Waals surface area contributed by atoms with Crippen LogP contribution >= 0.6 is 0 Å². The SMILES string of the molecule is CCn1cc(CN2CCNCC2)c2c(F)cccc21. The van der Waals surface area contributed by atoms with Gasteiger partial charge >= 0.3 is 0 Å². The van der Waals surface area contributed by atoms with E-state index in [4.69, 9.17) is 0 Å². The maximum atomic E-state index is 14.1. The van der Waals surface area contributed by atoms with Gasteiger partial charge in [0.15, 0.2) is 0 Å². The minimum atomic E-state index is -0.102. The highest BCUT2D eigenvalue weighted by Crippen LogP contribution is 2.25. The molecule has 1 N–H and O–H groups in total. The highest BCUT2D eigenvalue weighted by Gasteiger charge is 2.16. The van der Waals surface area contributed by atoms with Gasteiger partial charge in [0.05, 0.1) is 5.52 Å². The molecule has 19 heavy (non-hydrogen) atoms. The summed E-state index contributed by atoms with van der Waals surface area (Å²) in [6, 6.07) is 5.35. The van der Waals surface area contributed by atoms with Crippen molar-refractivity contribution >= 4 is 10.9 Å². The van der Waals surface area contributed by atoms with Crippen LogP contribution in [0.4, 0.5) is 4.39 Å². The van der Waals surface area contributed by atoms with E-state index < -0.39 is 0 Å². The van der Waals surface area contributed by atoms with Crippen LogP contribution in [-0.4, -0.2) is 35.6 Å². The molecule has 1 fully saturated rings. The third-order valence-electron chi connectivity index (χ3n) is 3.88. The van der Waals surface area contributed by atoms with Crippen molar-refractivity contribution in [1.29, 1.82) is 0 Å². The van der Waals surface area contributed by atoms with Gasteiger partial charge in [0, 0.05) is 50.9 Å². The minimum Gasteiger partial charge on any atom is -0.347 e. The topological polar surface area (TPSA) is 20.2 Å². The first kappa shape index (κ1) is 12.6. The average molecular weight is 261 g/mol. The summed E-state index contributed by atoms with van der Waals surface area (Å²) in [6.07, 6.45) is 2.11. The molecular formula is C15H20FN3. The number of nitrogens with one attached hydrogen (secondary N) is 1. The van der Waals surface area contributed by atoms with E-state index >= 15 is 0 Å². The lowest BCUT2D eigenvalue weighted by atomic mass is 10.1. The Hall–Kier alpha value is -1.39. The molecule has 1 aliphatic rings. The summed E-state index contributed by atoms with van der Waals surface area (Å²) in [6.45, 7) is 7.93. The van der Waals surface area contributed by atoms with Gasteiger partial charge in [-0.2, -0.15) is 0 Å². The first-order chi connectivity index (χ1) is 9.29. The molecule has 0 spiro atoms. The van der Waals surface area contributed by atoms with Crippen molar-refractivity contribution in [2.45, 2.75) is 20.0 Å². The number of nitrogens with zero attached hydrogens (tertiary/aromatic N) is 2. The summed E-state index contributed by atoms with van der Waals surface area (Å²) >= 11 is 0. The molecule has 2 heterocycles. The van der Waals surface area contributed by atoms with E-state index in [9.17, 15) is 4.39 Å². The monoisotopic (exact) mass is 261 g/mol. The molecule has 1 aliphatic heterocycles. The van der Waals surface area contributed by atoms with Crippen LogP contribution in [0.15, 0.2) is 24.4 Å². The average Bonchev–Trinajstić information content (AvgIpc) is 2.79. The van der Waals surface area contributed by atoms with Crippen LogP contribution in [-0.2, 0) is 13.1 Å². The van der Waals surface area contributed by atoms with Crippen LogP contribution < -0.4 is 5.32 Å². The first-order valence-corrected chi connectivity index (χ1v) is 6.99. The van der Waals surface area contributed by atoms with Gasteiger partial charge in [-0.25, -0.2) is 4.39 Å². The van der Waals surface area contributed by atoms with Crippen molar-refractivity contribution in [3.63, 3.8) is 0 Å². The molecule has 0 atom stereocenters. The molecule has 0 unspecified atom stereocenters. The third kappa shape index (κ3) is 2.38. The maximum absolute atomic E-state index is 14.1. The number of piperazine rings is 1. The van der Waals surface area contributed by atoms with E-state index in [2.05, 4.69) is 27.9 Å². The fourth-order valence-corrected chi connectivity index (χ4v) is 2.88. The number of hydrogen-bond donors (Lipinski definition) is 1. The van der Waals surface area contributed by atoms with Crippen molar-refractivity contribution in [2.75, 3.05) is 26.2 Å². The molecule has 0 amide bonds. The van der Waals surface area contributed by atoms with E-state index in [0.29, 0.717) is 0 Å². The van der Waals surface area contributed by atoms with E-state index in [1.807, 2.05) is 6.07 Å². The molecular weight excluding hydrogens is 241 g/mol. The van der Waals surface area contributed by atoms with E-state index in [1.54, 1.807) is 12.1 Å². The fraction of sp³-hybridized carbons (Fsp3) is 0.467. The van der Waals surface area contributed by atoms with Crippen molar-refractivity contribution in [3.8, 4) is 0 Å². The lowest BCUT2D eigenvalue weighted by molar-refractivity contribution is 0.233. The second-order valence-corrected chi connectivity index (χ2v) is 5.10. The molecule has 1 aromatic carbocycles. The van der Waals surface area contributed by atoms with Gasteiger partial charge in [0.2, 0.25) is 0 Å². The Bertz CT molecular complexity index is 570. The van der Waals surface area contributed by atoms with Gasteiger partial charge in [0.1, 0.15) is 5.82 Å². The van der Waals surface area contributed by atoms with Gasteiger partial charge in [-0.15, -0.1) is 0 Å². The van der Waals surface area contributed by atoms with Gasteiger partial charge in [-0.1, -0.05) is 6.07 Å². The lowest BCUT2D eigenvalue weighted by Crippen LogP contribution is -2.42. The second-order valence-electron chi connectivity index (χ2n) is 5.10. The number of benzene rings is 1. The number of aromatic nitrogens is 1. The standard InChI is InChI=1S/C15H20FN3/c1-2-19-11-12(10-18-8-6-17-7-9-18)15-13(16)4-3-5-14(15)19/h3-5,11,17H,2,6-10H2,1H3. The Labute approximate surface area is 113 Å². The van der Waals surface area contributed by atoms with Crippen LogP contribution in [0.25, 0.3) is 10.9 Å². The third-order valence-corrected chi connectivity index (χ3v) is 3.88. The minimum absolute atomic E-state index is 0.102. The van der Waals surface area contributed by atoms with Crippen LogP contribution in [0, 0.1) is 5.82 Å². The normalized spacial score (nSPS) is 17.2. The van der Waals surface area contributed by atoms with Crippen LogP contribution in [0.5, 0.6) is 0 Å². The molecule has 1 aromatic heterocycles. The molecule has 0 aliphatic carbocycles. The first-order valence-electron chi connectivity index (χ1n) is 6.99. The number of aryl methyl sites for hydroxylation is 1. The zero-order valence-corrected chi connectivity index (χ0v) is 11.3. The number of fused-ring (bicyclic) bond motifs is 1. The van der Waals surface area contributed by atoms with Gasteiger partial charge in [-0.05, 0) is 24.6 Å². The zero-order valence-electron chi connectivity index (χ0n) is 11.3. The van der Waals surface area contributed by atoms with E-state index in [1.165, 1.54) is 0 Å². The Kier molecular flexibility index (Phi) is 3.53. The second kappa shape index (κ2) is 5.31. The van der Waals surface area contributed by atoms with Gasteiger partial charge < -0.3 is 9.88 Å². The smallest absolute Gasteiger partial charge is 0.132 e. The van der Waals surface area contributed by atoms with E-state index in [-0.39, 0.29) is 5.82 Å². The fourth-order valence-electron chi connectivity index (χ4n) is 2.88. The highest BCUT2D eigenvalue weighted by molar-refractivity contribution is 5.84. The molecule has 2 aromatic rings. The summed E-state index contributed by atoms with van der Waals surface area (Å²) in [5.74, 6) is -0.102. The number of rotatable bonds is 3. The molecule has 1 saturated heterocycles. The summed E-state index contributed by atoms with van der Waals surface area (Å²) in [5, 5.41) is 4.14. The molecule has 102 valence electrons. The Morgan fingerprint density at radius 1 is 1.26 bits per heavy atom. The summed E-state index contributed by atoms with van der Waals surface area (Å²) in [4.78, 5) is 2.39. The van der Waals surface area contributed by atoms with Gasteiger partial charge in [0.25, 0.3) is 0 Å². The largest absolute Gasteiger partial charge is 0.347 e. The highest BCUT2D eigenvalue weighted by atomic mass is 19.1. The zero-order chi connectivity index (χ0) is 13.2. The summed E-state index contributed by atoms with van der Waals surface area (Å²) in [7, 11) is 0. The van der Waals surface area contributed by atoms with Crippen molar-refractivity contribution in [2.24, 2.45) is 0 Å². The molecule has 3 rings (SSSR count). The molecule has 4 heteroatoms. The van der Waals surface area contributed by atoms with Crippen LogP contribution in [0.1, 0.15) is 12.5 Å². The summed E-state index contributed by atoms with van der Waals surface area (Å²) in [5.41, 5.74) is 2.12. The quantitative estimate of drug-likeness (QED) is 0.914. The maximum Gasteiger partial charge on any atom is 0.132 e.